The Morgan fingerprint density at radius 1 is 1.00 bits per heavy atom. The van der Waals surface area contributed by atoms with Crippen LogP contribution in [0.4, 0.5) is 0 Å². The Kier molecular flexibility index (Phi) is 1.68. The first-order valence-electron chi connectivity index (χ1n) is 5.73. The molecule has 0 radical (unpaired) electrons. The van der Waals surface area contributed by atoms with E-state index in [9.17, 15) is 0 Å². The third kappa shape index (κ3) is 1.04. The average Bonchev–Trinajstić information content (AvgIpc) is 2.84. The van der Waals surface area contributed by atoms with Gasteiger partial charge in [0, 0.05) is 11.8 Å². The zero-order chi connectivity index (χ0) is 10.7. The summed E-state index contributed by atoms with van der Waals surface area (Å²) in [6.07, 6.45) is 3.65. The monoisotopic (exact) mass is 270 g/mol. The van der Waals surface area contributed by atoms with Gasteiger partial charge in [-0.05, 0) is 32.8 Å². The van der Waals surface area contributed by atoms with Crippen LogP contribution in [-0.2, 0) is 0 Å². The van der Waals surface area contributed by atoms with Crippen molar-refractivity contribution in [3.8, 4) is 0 Å². The minimum atomic E-state index is 0.629. The number of hydrogen-bond donors (Lipinski definition) is 0. The Bertz CT molecular complexity index is 624. The molecule has 2 aromatic rings. The summed E-state index contributed by atoms with van der Waals surface area (Å²) >= 11 is 3.69. The molecule has 0 amide bonds. The number of allylic oxidation sites excluding steroid dienone is 2. The molecule has 0 aliphatic heterocycles. The maximum Gasteiger partial charge on any atom is 0.0164 e. The van der Waals surface area contributed by atoms with E-state index in [2.05, 4.69) is 58.4 Å². The van der Waals surface area contributed by atoms with Crippen molar-refractivity contribution in [2.75, 3.05) is 0 Å². The normalized spacial score (nSPS) is 25.9. The molecule has 2 bridgehead atoms. The molecule has 0 aromatic heterocycles. The van der Waals surface area contributed by atoms with Crippen LogP contribution < -0.4 is 0 Å². The van der Waals surface area contributed by atoms with Crippen LogP contribution in [0, 0.1) is 0 Å². The summed E-state index contributed by atoms with van der Waals surface area (Å²) in [5.41, 5.74) is 3.09. The highest BCUT2D eigenvalue weighted by molar-refractivity contribution is 9.11. The zero-order valence-corrected chi connectivity index (χ0v) is 10.4. The fraction of sp³-hybridized carbons (Fsp3) is 0.200. The van der Waals surface area contributed by atoms with E-state index in [4.69, 9.17) is 0 Å². The van der Waals surface area contributed by atoms with E-state index in [0.29, 0.717) is 11.8 Å². The van der Waals surface area contributed by atoms with Gasteiger partial charge in [-0.3, -0.25) is 0 Å². The Morgan fingerprint density at radius 2 is 1.69 bits per heavy atom. The standard InChI is InChI=1S/C15H11Br/c16-15-8-11-7-14(15)13-6-10-4-2-1-3-9(10)5-12(11)13/h1-6,8,11,14H,7H2/t11-,14-/m1/s1. The summed E-state index contributed by atoms with van der Waals surface area (Å²) in [7, 11) is 0. The second-order valence-electron chi connectivity index (χ2n) is 4.77. The summed E-state index contributed by atoms with van der Waals surface area (Å²) in [6.45, 7) is 0. The summed E-state index contributed by atoms with van der Waals surface area (Å²) in [6, 6.07) is 13.4. The Hall–Kier alpha value is -1.08. The minimum Gasteiger partial charge on any atom is -0.0662 e. The summed E-state index contributed by atoms with van der Waals surface area (Å²) in [4.78, 5) is 0. The lowest BCUT2D eigenvalue weighted by molar-refractivity contribution is 0.802. The highest BCUT2D eigenvalue weighted by Gasteiger charge is 2.36. The van der Waals surface area contributed by atoms with E-state index in [0.717, 1.165) is 0 Å². The second-order valence-corrected chi connectivity index (χ2v) is 5.69. The van der Waals surface area contributed by atoms with Crippen LogP contribution in [0.25, 0.3) is 10.8 Å². The molecule has 2 atom stereocenters. The molecule has 0 unspecified atom stereocenters. The Morgan fingerprint density at radius 3 is 2.44 bits per heavy atom. The number of fused-ring (bicyclic) bond motifs is 6. The van der Waals surface area contributed by atoms with Crippen molar-refractivity contribution >= 4 is 26.7 Å². The summed E-state index contributed by atoms with van der Waals surface area (Å²) in [5, 5.41) is 2.74. The number of rotatable bonds is 0. The van der Waals surface area contributed by atoms with E-state index in [1.807, 2.05) is 0 Å². The third-order valence-electron chi connectivity index (χ3n) is 3.91. The lowest BCUT2D eigenvalue weighted by Crippen LogP contribution is -1.95. The lowest BCUT2D eigenvalue weighted by Gasteiger charge is -2.14. The minimum absolute atomic E-state index is 0.629. The van der Waals surface area contributed by atoms with Crippen LogP contribution in [0.5, 0.6) is 0 Å². The fourth-order valence-corrected chi connectivity index (χ4v) is 3.89. The predicted octanol–water partition coefficient (Wildman–Crippen LogP) is 4.70. The maximum atomic E-state index is 3.69. The summed E-state index contributed by atoms with van der Waals surface area (Å²) < 4.78 is 1.39. The van der Waals surface area contributed by atoms with Gasteiger partial charge in [0.2, 0.25) is 0 Å². The highest BCUT2D eigenvalue weighted by Crippen LogP contribution is 2.54. The quantitative estimate of drug-likeness (QED) is 0.651. The van der Waals surface area contributed by atoms with Crippen molar-refractivity contribution in [2.24, 2.45) is 0 Å². The first kappa shape index (κ1) is 9.00. The highest BCUT2D eigenvalue weighted by atomic mass is 79.9. The zero-order valence-electron chi connectivity index (χ0n) is 8.78. The smallest absolute Gasteiger partial charge is 0.0164 e. The van der Waals surface area contributed by atoms with Crippen molar-refractivity contribution in [3.05, 3.63) is 58.1 Å². The van der Waals surface area contributed by atoms with Gasteiger partial charge in [0.05, 0.1) is 0 Å². The molecule has 0 spiro atoms. The van der Waals surface area contributed by atoms with Crippen LogP contribution in [0.3, 0.4) is 0 Å². The van der Waals surface area contributed by atoms with Gasteiger partial charge in [0.15, 0.2) is 0 Å². The van der Waals surface area contributed by atoms with Crippen molar-refractivity contribution in [2.45, 2.75) is 18.3 Å². The van der Waals surface area contributed by atoms with Crippen molar-refractivity contribution in [1.82, 2.24) is 0 Å². The van der Waals surface area contributed by atoms with Crippen LogP contribution in [0.15, 0.2) is 47.0 Å². The molecule has 2 aromatic carbocycles. The molecular weight excluding hydrogens is 260 g/mol. The van der Waals surface area contributed by atoms with Gasteiger partial charge in [-0.2, -0.15) is 0 Å². The fourth-order valence-electron chi connectivity index (χ4n) is 3.13. The Labute approximate surface area is 103 Å². The van der Waals surface area contributed by atoms with Gasteiger partial charge in [-0.1, -0.05) is 58.4 Å². The van der Waals surface area contributed by atoms with Crippen molar-refractivity contribution < 1.29 is 0 Å². The predicted molar refractivity (Wildman–Crippen MR) is 71.1 cm³/mol. The molecule has 0 N–H and O–H groups in total. The van der Waals surface area contributed by atoms with Crippen LogP contribution >= 0.6 is 15.9 Å². The maximum absolute atomic E-state index is 3.69. The van der Waals surface area contributed by atoms with Crippen LogP contribution in [-0.4, -0.2) is 0 Å². The third-order valence-corrected chi connectivity index (χ3v) is 4.73. The second kappa shape index (κ2) is 2.98. The molecule has 0 saturated heterocycles. The number of benzene rings is 2. The molecule has 0 saturated carbocycles. The molecule has 0 fully saturated rings. The van der Waals surface area contributed by atoms with Gasteiger partial charge in [0.25, 0.3) is 0 Å². The molecule has 1 heteroatoms. The van der Waals surface area contributed by atoms with E-state index < -0.39 is 0 Å². The van der Waals surface area contributed by atoms with Crippen LogP contribution in [0.2, 0.25) is 0 Å². The lowest BCUT2D eigenvalue weighted by atomic mass is 9.93. The van der Waals surface area contributed by atoms with Gasteiger partial charge < -0.3 is 0 Å². The average molecular weight is 271 g/mol. The van der Waals surface area contributed by atoms with Gasteiger partial charge in [-0.25, -0.2) is 0 Å². The topological polar surface area (TPSA) is 0 Å². The van der Waals surface area contributed by atoms with E-state index in [1.54, 1.807) is 5.56 Å². The van der Waals surface area contributed by atoms with Gasteiger partial charge in [-0.15, -0.1) is 0 Å². The Balaban J connectivity index is 2.04. The van der Waals surface area contributed by atoms with Crippen molar-refractivity contribution in [3.63, 3.8) is 0 Å². The molecule has 0 heterocycles. The van der Waals surface area contributed by atoms with E-state index in [-0.39, 0.29) is 0 Å². The molecular formula is C15H11Br. The molecule has 0 nitrogen and oxygen atoms in total. The molecule has 4 rings (SSSR count). The molecule has 2 aliphatic rings. The SMILES string of the molecule is BrC1=C[C@H]2C[C@@H]1c1cc3ccccc3cc12. The largest absolute Gasteiger partial charge is 0.0662 e. The first-order valence-corrected chi connectivity index (χ1v) is 6.52. The number of hydrogen-bond acceptors (Lipinski definition) is 0. The molecule has 16 heavy (non-hydrogen) atoms. The van der Waals surface area contributed by atoms with Gasteiger partial charge in [0.1, 0.15) is 0 Å². The number of halogens is 1. The van der Waals surface area contributed by atoms with Crippen molar-refractivity contribution in [1.29, 1.82) is 0 Å². The summed E-state index contributed by atoms with van der Waals surface area (Å²) in [5.74, 6) is 1.28. The van der Waals surface area contributed by atoms with Gasteiger partial charge >= 0.3 is 0 Å². The van der Waals surface area contributed by atoms with E-state index >= 15 is 0 Å². The van der Waals surface area contributed by atoms with E-state index in [1.165, 1.54) is 27.2 Å². The van der Waals surface area contributed by atoms with Crippen LogP contribution in [0.1, 0.15) is 29.4 Å². The molecule has 2 aliphatic carbocycles. The first-order chi connectivity index (χ1) is 7.83. The molecule has 78 valence electrons.